The minimum absolute atomic E-state index is 0.219. The molecule has 0 N–H and O–H groups in total. The van der Waals surface area contributed by atoms with E-state index < -0.39 is 5.60 Å². The Morgan fingerprint density at radius 3 is 2.70 bits per heavy atom. The molecule has 1 aromatic carbocycles. The van der Waals surface area contributed by atoms with Crippen molar-refractivity contribution in [2.75, 3.05) is 13.2 Å². The Morgan fingerprint density at radius 1 is 1.20 bits per heavy atom. The highest BCUT2D eigenvalue weighted by molar-refractivity contribution is 5.85. The molecule has 2 aliphatic carbocycles. The Labute approximate surface area is 181 Å². The number of carbonyl (C=O) groups excluding carboxylic acids is 2. The number of esters is 1. The summed E-state index contributed by atoms with van der Waals surface area (Å²) < 4.78 is 10.8. The van der Waals surface area contributed by atoms with Gasteiger partial charge in [0.15, 0.2) is 5.60 Å². The van der Waals surface area contributed by atoms with Gasteiger partial charge < -0.3 is 9.47 Å². The van der Waals surface area contributed by atoms with Crippen LogP contribution in [-0.4, -0.2) is 30.6 Å². The molecule has 0 amide bonds. The van der Waals surface area contributed by atoms with Gasteiger partial charge in [0.1, 0.15) is 5.78 Å². The van der Waals surface area contributed by atoms with Gasteiger partial charge in [-0.05, 0) is 69.8 Å². The first-order chi connectivity index (χ1) is 14.4. The van der Waals surface area contributed by atoms with E-state index in [1.807, 2.05) is 0 Å². The lowest BCUT2D eigenvalue weighted by atomic mass is 9.93. The van der Waals surface area contributed by atoms with Gasteiger partial charge >= 0.3 is 5.97 Å². The summed E-state index contributed by atoms with van der Waals surface area (Å²) in [4.78, 5) is 24.2. The number of ketones is 1. The molecule has 0 spiro atoms. The molecule has 4 heteroatoms. The van der Waals surface area contributed by atoms with Crippen molar-refractivity contribution >= 4 is 11.8 Å². The van der Waals surface area contributed by atoms with E-state index in [1.165, 1.54) is 5.56 Å². The van der Waals surface area contributed by atoms with Gasteiger partial charge in [-0.15, -0.1) is 0 Å². The van der Waals surface area contributed by atoms with Crippen molar-refractivity contribution < 1.29 is 19.1 Å². The predicted octanol–water partition coefficient (Wildman–Crippen LogP) is 5.16. The van der Waals surface area contributed by atoms with Crippen LogP contribution in [0.15, 0.2) is 42.5 Å². The molecule has 0 bridgehead atoms. The number of aryl methyl sites for hydroxylation is 1. The van der Waals surface area contributed by atoms with Crippen LogP contribution in [0.3, 0.4) is 0 Å². The maximum atomic E-state index is 12.3. The van der Waals surface area contributed by atoms with Crippen LogP contribution in [0.2, 0.25) is 0 Å². The summed E-state index contributed by atoms with van der Waals surface area (Å²) in [6.45, 7) is 6.16. The molecule has 0 aliphatic heterocycles. The highest BCUT2D eigenvalue weighted by atomic mass is 16.6. The molecule has 164 valence electrons. The third kappa shape index (κ3) is 5.81. The number of ether oxygens (including phenoxy) is 2. The minimum atomic E-state index is -0.906. The molecule has 2 saturated carbocycles. The van der Waals surface area contributed by atoms with Crippen LogP contribution < -0.4 is 0 Å². The topological polar surface area (TPSA) is 52.6 Å². The second-order valence-corrected chi connectivity index (χ2v) is 9.12. The molecule has 4 atom stereocenters. The fraction of sp³-hybridized carbons (Fsp3) is 0.615. The van der Waals surface area contributed by atoms with Gasteiger partial charge in [-0.2, -0.15) is 0 Å². The average Bonchev–Trinajstić information content (AvgIpc) is 3.28. The summed E-state index contributed by atoms with van der Waals surface area (Å²) >= 11 is 0. The summed E-state index contributed by atoms with van der Waals surface area (Å²) in [6.07, 6.45) is 10.3. The van der Waals surface area contributed by atoms with E-state index in [-0.39, 0.29) is 11.9 Å². The zero-order valence-corrected chi connectivity index (χ0v) is 18.6. The number of hydrogen-bond acceptors (Lipinski definition) is 4. The van der Waals surface area contributed by atoms with E-state index in [0.717, 1.165) is 38.5 Å². The molecule has 1 aromatic rings. The van der Waals surface area contributed by atoms with Crippen LogP contribution in [-0.2, 0) is 25.5 Å². The lowest BCUT2D eigenvalue weighted by Gasteiger charge is -2.23. The molecule has 0 radical (unpaired) electrons. The molecule has 30 heavy (non-hydrogen) atoms. The SMILES string of the molecule is CCOC(=O)C(C)(C)OCCCC[C@@H]1C(=O)C[C@H]2C(C=CCCc3ccccc3)[C@@H]12. The van der Waals surface area contributed by atoms with Crippen molar-refractivity contribution in [3.63, 3.8) is 0 Å². The molecule has 0 heterocycles. The average molecular weight is 413 g/mol. The van der Waals surface area contributed by atoms with Crippen LogP contribution in [0.1, 0.15) is 58.4 Å². The molecule has 2 fully saturated rings. The second-order valence-electron chi connectivity index (χ2n) is 9.12. The first kappa shape index (κ1) is 22.7. The van der Waals surface area contributed by atoms with Crippen molar-refractivity contribution in [3.8, 4) is 0 Å². The van der Waals surface area contributed by atoms with Crippen molar-refractivity contribution in [1.82, 2.24) is 0 Å². The maximum absolute atomic E-state index is 12.3. The van der Waals surface area contributed by atoms with Crippen LogP contribution >= 0.6 is 0 Å². The van der Waals surface area contributed by atoms with Gasteiger partial charge in [0.05, 0.1) is 6.61 Å². The quantitative estimate of drug-likeness (QED) is 0.270. The summed E-state index contributed by atoms with van der Waals surface area (Å²) in [5.41, 5.74) is 0.468. The molecule has 3 rings (SSSR count). The Balaban J connectivity index is 1.34. The van der Waals surface area contributed by atoms with Crippen molar-refractivity contribution in [2.45, 2.75) is 64.9 Å². The maximum Gasteiger partial charge on any atom is 0.337 e. The molecule has 4 nitrogen and oxygen atoms in total. The predicted molar refractivity (Wildman–Crippen MR) is 118 cm³/mol. The monoisotopic (exact) mass is 412 g/mol. The van der Waals surface area contributed by atoms with Gasteiger partial charge in [0.25, 0.3) is 0 Å². The summed E-state index contributed by atoms with van der Waals surface area (Å²) in [5, 5.41) is 0. The third-order valence-electron chi connectivity index (χ3n) is 6.55. The third-order valence-corrected chi connectivity index (χ3v) is 6.55. The van der Waals surface area contributed by atoms with E-state index in [1.54, 1.807) is 20.8 Å². The largest absolute Gasteiger partial charge is 0.464 e. The molecule has 1 unspecified atom stereocenters. The van der Waals surface area contributed by atoms with Crippen LogP contribution in [0.25, 0.3) is 0 Å². The number of unbranched alkanes of at least 4 members (excludes halogenated alkanes) is 1. The standard InChI is InChI=1S/C26H36O4/c1-4-29-25(28)26(2,3)30-17-11-10-16-21-23(27)18-22-20(24(21)22)15-9-8-14-19-12-6-5-7-13-19/h5-7,9,12-13,15,20-22,24H,4,8,10-11,14,16-18H2,1-3H3/t20?,21-,22+,24+/m1/s1. The molecular formula is C26H36O4. The number of hydrogen-bond donors (Lipinski definition) is 0. The van der Waals surface area contributed by atoms with Crippen molar-refractivity contribution in [2.24, 2.45) is 23.7 Å². The van der Waals surface area contributed by atoms with E-state index in [2.05, 4.69) is 42.5 Å². The highest BCUT2D eigenvalue weighted by Crippen LogP contribution is 2.60. The second kappa shape index (κ2) is 10.4. The summed E-state index contributed by atoms with van der Waals surface area (Å²) in [7, 11) is 0. The van der Waals surface area contributed by atoms with Gasteiger partial charge in [0.2, 0.25) is 0 Å². The highest BCUT2D eigenvalue weighted by Gasteiger charge is 2.59. The van der Waals surface area contributed by atoms with Crippen molar-refractivity contribution in [3.05, 3.63) is 48.0 Å². The Bertz CT molecular complexity index is 737. The normalized spacial score (nSPS) is 25.5. The first-order valence-electron chi connectivity index (χ1n) is 11.5. The number of carbonyl (C=O) groups is 2. The lowest BCUT2D eigenvalue weighted by Crippen LogP contribution is -2.37. The van der Waals surface area contributed by atoms with Gasteiger partial charge in [-0.3, -0.25) is 4.79 Å². The smallest absolute Gasteiger partial charge is 0.337 e. The fourth-order valence-electron chi connectivity index (χ4n) is 4.80. The first-order valence-corrected chi connectivity index (χ1v) is 11.5. The zero-order valence-electron chi connectivity index (χ0n) is 18.6. The number of rotatable bonds is 12. The van der Waals surface area contributed by atoms with Crippen molar-refractivity contribution in [1.29, 1.82) is 0 Å². The summed E-state index contributed by atoms with van der Waals surface area (Å²) in [6, 6.07) is 10.6. The van der Waals surface area contributed by atoms with Gasteiger partial charge in [0, 0.05) is 18.9 Å². The fourth-order valence-corrected chi connectivity index (χ4v) is 4.80. The van der Waals surface area contributed by atoms with E-state index in [4.69, 9.17) is 9.47 Å². The Kier molecular flexibility index (Phi) is 7.87. The Morgan fingerprint density at radius 2 is 1.97 bits per heavy atom. The molecule has 0 saturated heterocycles. The van der Waals surface area contributed by atoms with Crippen LogP contribution in [0.4, 0.5) is 0 Å². The van der Waals surface area contributed by atoms with Gasteiger partial charge in [-0.1, -0.05) is 48.9 Å². The van der Waals surface area contributed by atoms with Gasteiger partial charge in [-0.25, -0.2) is 4.79 Å². The van der Waals surface area contributed by atoms with Crippen LogP contribution in [0, 0.1) is 23.7 Å². The Hall–Kier alpha value is -1.94. The molecule has 0 aromatic heterocycles. The summed E-state index contributed by atoms with van der Waals surface area (Å²) in [5.74, 6) is 2.08. The lowest BCUT2D eigenvalue weighted by molar-refractivity contribution is -0.167. The van der Waals surface area contributed by atoms with E-state index in [9.17, 15) is 9.59 Å². The van der Waals surface area contributed by atoms with E-state index >= 15 is 0 Å². The van der Waals surface area contributed by atoms with Crippen LogP contribution in [0.5, 0.6) is 0 Å². The number of allylic oxidation sites excluding steroid dienone is 2. The number of Topliss-reactive ketones (excluding diaryl/α,β-unsaturated/α-hetero) is 1. The molecular weight excluding hydrogens is 376 g/mol. The molecule has 2 aliphatic rings. The number of fused-ring (bicyclic) bond motifs is 1. The zero-order chi connectivity index (χ0) is 21.6. The van der Waals surface area contributed by atoms with E-state index in [0.29, 0.717) is 36.8 Å². The number of benzene rings is 1. The minimum Gasteiger partial charge on any atom is -0.464 e.